The normalized spacial score (nSPS) is 43.2. The third kappa shape index (κ3) is 2.14. The molecule has 4 bridgehead atoms. The highest BCUT2D eigenvalue weighted by molar-refractivity contribution is 5.81. The van der Waals surface area contributed by atoms with Crippen LogP contribution in [0.2, 0.25) is 0 Å². The zero-order valence-electron chi connectivity index (χ0n) is 10.7. The van der Waals surface area contributed by atoms with Crippen molar-refractivity contribution in [3.63, 3.8) is 0 Å². The van der Waals surface area contributed by atoms with Crippen LogP contribution in [0.15, 0.2) is 12.2 Å². The van der Waals surface area contributed by atoms with Gasteiger partial charge in [-0.3, -0.25) is 0 Å². The lowest BCUT2D eigenvalue weighted by atomic mass is 9.50. The molecule has 4 fully saturated rings. The molecule has 4 aliphatic rings. The summed E-state index contributed by atoms with van der Waals surface area (Å²) in [4.78, 5) is 11.4. The van der Waals surface area contributed by atoms with Gasteiger partial charge in [-0.05, 0) is 63.2 Å². The number of ether oxygens (including phenoxy) is 1. The van der Waals surface area contributed by atoms with Gasteiger partial charge in [0.05, 0.1) is 6.61 Å². The van der Waals surface area contributed by atoms with E-state index in [4.69, 9.17) is 4.74 Å². The summed E-state index contributed by atoms with van der Waals surface area (Å²) in [5.74, 6) is 2.63. The van der Waals surface area contributed by atoms with Gasteiger partial charge in [-0.1, -0.05) is 6.08 Å². The lowest BCUT2D eigenvalue weighted by molar-refractivity contribution is -0.149. The zero-order chi connectivity index (χ0) is 11.9. The molecule has 94 valence electrons. The molecule has 0 aromatic heterocycles. The van der Waals surface area contributed by atoms with Gasteiger partial charge in [-0.15, -0.1) is 0 Å². The van der Waals surface area contributed by atoms with Crippen LogP contribution in [0.25, 0.3) is 0 Å². The fourth-order valence-electron chi connectivity index (χ4n) is 4.88. The monoisotopic (exact) mass is 234 g/mol. The number of allylic oxidation sites excluding steroid dienone is 1. The number of hydrogen-bond donors (Lipinski definition) is 0. The van der Waals surface area contributed by atoms with E-state index in [1.54, 1.807) is 6.08 Å². The molecule has 4 saturated carbocycles. The maximum atomic E-state index is 11.4. The van der Waals surface area contributed by atoms with E-state index in [2.05, 4.69) is 0 Å². The summed E-state index contributed by atoms with van der Waals surface area (Å²) < 4.78 is 5.44. The second-order valence-electron chi connectivity index (χ2n) is 6.53. The lowest BCUT2D eigenvalue weighted by Gasteiger charge is -2.56. The highest BCUT2D eigenvalue weighted by Gasteiger charge is 2.51. The number of esters is 1. The van der Waals surface area contributed by atoms with Crippen LogP contribution in [0, 0.1) is 23.2 Å². The Morgan fingerprint density at radius 1 is 1.18 bits per heavy atom. The molecule has 0 atom stereocenters. The predicted octanol–water partition coefficient (Wildman–Crippen LogP) is 3.32. The first-order chi connectivity index (χ1) is 8.19. The summed E-state index contributed by atoms with van der Waals surface area (Å²) in [6, 6.07) is 0. The highest BCUT2D eigenvalue weighted by atomic mass is 16.5. The van der Waals surface area contributed by atoms with Crippen LogP contribution in [0.5, 0.6) is 0 Å². The predicted molar refractivity (Wildman–Crippen MR) is 66.4 cm³/mol. The first-order valence-corrected chi connectivity index (χ1v) is 6.98. The second-order valence-corrected chi connectivity index (χ2v) is 6.53. The smallest absolute Gasteiger partial charge is 0.330 e. The highest BCUT2D eigenvalue weighted by Crippen LogP contribution is 2.59. The molecule has 0 unspecified atom stereocenters. The van der Waals surface area contributed by atoms with E-state index >= 15 is 0 Å². The van der Waals surface area contributed by atoms with Gasteiger partial charge >= 0.3 is 5.97 Å². The molecule has 0 heterocycles. The second kappa shape index (κ2) is 4.15. The Labute approximate surface area is 103 Å². The summed E-state index contributed by atoms with van der Waals surface area (Å²) in [7, 11) is 0. The van der Waals surface area contributed by atoms with Crippen molar-refractivity contribution in [3.8, 4) is 0 Å². The fourth-order valence-corrected chi connectivity index (χ4v) is 4.88. The van der Waals surface area contributed by atoms with Gasteiger partial charge in [0.2, 0.25) is 0 Å². The molecule has 2 heteroatoms. The summed E-state index contributed by atoms with van der Waals surface area (Å²) in [6.07, 6.45) is 11.5. The number of carbonyl (C=O) groups excluding carboxylic acids is 1. The van der Waals surface area contributed by atoms with Crippen LogP contribution < -0.4 is 0 Å². The first-order valence-electron chi connectivity index (χ1n) is 6.98. The van der Waals surface area contributed by atoms with E-state index in [1.807, 2.05) is 6.92 Å². The Morgan fingerprint density at radius 2 is 1.71 bits per heavy atom. The summed E-state index contributed by atoms with van der Waals surface area (Å²) in [5, 5.41) is 0. The standard InChI is InChI=1S/C15H22O2/c1-2-3-14(16)17-10-15-7-11-4-12(8-15)6-13(5-11)9-15/h2-3,11-13H,4-10H2,1H3. The van der Waals surface area contributed by atoms with Gasteiger partial charge < -0.3 is 4.74 Å². The van der Waals surface area contributed by atoms with Gasteiger partial charge in [-0.2, -0.15) is 0 Å². The number of hydrogen-bond acceptors (Lipinski definition) is 2. The van der Waals surface area contributed by atoms with E-state index < -0.39 is 0 Å². The molecule has 4 rings (SSSR count). The van der Waals surface area contributed by atoms with Crippen molar-refractivity contribution in [1.29, 1.82) is 0 Å². The zero-order valence-corrected chi connectivity index (χ0v) is 10.7. The Hall–Kier alpha value is -0.790. The van der Waals surface area contributed by atoms with Crippen molar-refractivity contribution in [2.24, 2.45) is 23.2 Å². The van der Waals surface area contributed by atoms with Gasteiger partial charge in [0.1, 0.15) is 0 Å². The minimum atomic E-state index is -0.164. The molecular weight excluding hydrogens is 212 g/mol. The molecule has 0 spiro atoms. The van der Waals surface area contributed by atoms with Crippen LogP contribution in [0.4, 0.5) is 0 Å². The lowest BCUT2D eigenvalue weighted by Crippen LogP contribution is -2.48. The fraction of sp³-hybridized carbons (Fsp3) is 0.800. The van der Waals surface area contributed by atoms with Crippen molar-refractivity contribution in [3.05, 3.63) is 12.2 Å². The first kappa shape index (κ1) is 11.3. The van der Waals surface area contributed by atoms with Crippen LogP contribution in [0.3, 0.4) is 0 Å². The molecule has 17 heavy (non-hydrogen) atoms. The molecule has 0 saturated heterocycles. The third-order valence-corrected chi connectivity index (χ3v) is 4.99. The van der Waals surface area contributed by atoms with Gasteiger partial charge in [-0.25, -0.2) is 4.79 Å². The molecule has 0 N–H and O–H groups in total. The maximum Gasteiger partial charge on any atom is 0.330 e. The van der Waals surface area contributed by atoms with Crippen molar-refractivity contribution in [1.82, 2.24) is 0 Å². The van der Waals surface area contributed by atoms with Crippen molar-refractivity contribution < 1.29 is 9.53 Å². The van der Waals surface area contributed by atoms with E-state index in [-0.39, 0.29) is 5.97 Å². The molecule has 0 aliphatic heterocycles. The van der Waals surface area contributed by atoms with Crippen LogP contribution >= 0.6 is 0 Å². The van der Waals surface area contributed by atoms with Crippen molar-refractivity contribution in [2.75, 3.05) is 6.61 Å². The van der Waals surface area contributed by atoms with E-state index in [0.717, 1.165) is 17.8 Å². The van der Waals surface area contributed by atoms with Crippen LogP contribution in [0.1, 0.15) is 45.4 Å². The van der Waals surface area contributed by atoms with E-state index in [1.165, 1.54) is 44.6 Å². The Kier molecular flexibility index (Phi) is 2.76. The van der Waals surface area contributed by atoms with Crippen molar-refractivity contribution in [2.45, 2.75) is 45.4 Å². The molecule has 0 aromatic carbocycles. The minimum absolute atomic E-state index is 0.164. The molecule has 2 nitrogen and oxygen atoms in total. The van der Waals surface area contributed by atoms with Gasteiger partial charge in [0, 0.05) is 11.5 Å². The molecular formula is C15H22O2. The van der Waals surface area contributed by atoms with E-state index in [9.17, 15) is 4.79 Å². The Balaban J connectivity index is 1.64. The summed E-state index contributed by atoms with van der Waals surface area (Å²) in [6.45, 7) is 2.52. The van der Waals surface area contributed by atoms with Gasteiger partial charge in [0.25, 0.3) is 0 Å². The summed E-state index contributed by atoms with van der Waals surface area (Å²) in [5.41, 5.74) is 0.353. The Bertz CT molecular complexity index is 308. The molecule has 0 radical (unpaired) electrons. The number of rotatable bonds is 3. The van der Waals surface area contributed by atoms with Crippen LogP contribution in [-0.2, 0) is 9.53 Å². The van der Waals surface area contributed by atoms with Crippen molar-refractivity contribution >= 4 is 5.97 Å². The average Bonchev–Trinajstić information content (AvgIpc) is 2.25. The Morgan fingerprint density at radius 3 is 2.18 bits per heavy atom. The molecule has 4 aliphatic carbocycles. The van der Waals surface area contributed by atoms with Gasteiger partial charge in [0.15, 0.2) is 0 Å². The minimum Gasteiger partial charge on any atom is -0.462 e. The topological polar surface area (TPSA) is 26.3 Å². The third-order valence-electron chi connectivity index (χ3n) is 4.99. The molecule has 0 aromatic rings. The largest absolute Gasteiger partial charge is 0.462 e. The van der Waals surface area contributed by atoms with Crippen LogP contribution in [-0.4, -0.2) is 12.6 Å². The molecule has 0 amide bonds. The average molecular weight is 234 g/mol. The SMILES string of the molecule is CC=CC(=O)OCC12CC3CC(CC(C3)C1)C2. The maximum absolute atomic E-state index is 11.4. The van der Waals surface area contributed by atoms with E-state index in [0.29, 0.717) is 12.0 Å². The summed E-state index contributed by atoms with van der Waals surface area (Å²) >= 11 is 0. The quantitative estimate of drug-likeness (QED) is 0.553. The number of carbonyl (C=O) groups is 1.